The van der Waals surface area contributed by atoms with Crippen molar-refractivity contribution >= 4 is 11.9 Å². The van der Waals surface area contributed by atoms with Crippen LogP contribution in [-0.4, -0.2) is 64.3 Å². The van der Waals surface area contributed by atoms with Crippen LogP contribution in [0.1, 0.15) is 32.3 Å². The number of rotatable bonds is 8. The monoisotopic (exact) mass is 407 g/mol. The molecular formula is C21H33N3O5. The highest BCUT2D eigenvalue weighted by Crippen LogP contribution is 2.43. The van der Waals surface area contributed by atoms with E-state index >= 15 is 0 Å². The molecule has 8 heteroatoms. The van der Waals surface area contributed by atoms with Crippen molar-refractivity contribution < 1.29 is 23.8 Å². The summed E-state index contributed by atoms with van der Waals surface area (Å²) in [4.78, 5) is 27.0. The molecule has 0 aliphatic carbocycles. The topological polar surface area (TPSA) is 89.1 Å². The summed E-state index contributed by atoms with van der Waals surface area (Å²) >= 11 is 0. The Morgan fingerprint density at radius 3 is 2.17 bits per heavy atom. The van der Waals surface area contributed by atoms with Gasteiger partial charge in [0.25, 0.3) is 0 Å². The lowest BCUT2D eigenvalue weighted by molar-refractivity contribution is -0.125. The Labute approximate surface area is 172 Å². The lowest BCUT2D eigenvalue weighted by atomic mass is 9.87. The molecule has 1 heterocycles. The number of benzene rings is 1. The minimum atomic E-state index is -0.362. The average molecular weight is 408 g/mol. The first-order valence-corrected chi connectivity index (χ1v) is 9.96. The van der Waals surface area contributed by atoms with Gasteiger partial charge in [-0.2, -0.15) is 0 Å². The molecule has 162 valence electrons. The van der Waals surface area contributed by atoms with E-state index in [-0.39, 0.29) is 23.8 Å². The molecule has 29 heavy (non-hydrogen) atoms. The summed E-state index contributed by atoms with van der Waals surface area (Å²) in [6, 6.07) is 3.55. The van der Waals surface area contributed by atoms with Gasteiger partial charge in [-0.1, -0.05) is 13.8 Å². The molecule has 1 saturated heterocycles. The number of carbonyl (C=O) groups excluding carboxylic acids is 2. The zero-order valence-corrected chi connectivity index (χ0v) is 18.2. The molecule has 1 aliphatic rings. The molecular weight excluding hydrogens is 374 g/mol. The maximum atomic E-state index is 12.9. The Morgan fingerprint density at radius 1 is 1.07 bits per heavy atom. The molecule has 0 saturated carbocycles. The molecule has 0 spiro atoms. The molecule has 1 aromatic rings. The van der Waals surface area contributed by atoms with E-state index in [2.05, 4.69) is 10.6 Å². The van der Waals surface area contributed by atoms with E-state index in [1.165, 1.54) is 0 Å². The van der Waals surface area contributed by atoms with Gasteiger partial charge < -0.3 is 29.7 Å². The summed E-state index contributed by atoms with van der Waals surface area (Å²) in [5, 5.41) is 5.83. The van der Waals surface area contributed by atoms with Crippen LogP contribution in [0.2, 0.25) is 0 Å². The maximum absolute atomic E-state index is 12.9. The number of methoxy groups -OCH3 is 3. The second-order valence-electron chi connectivity index (χ2n) is 7.55. The van der Waals surface area contributed by atoms with E-state index in [4.69, 9.17) is 14.2 Å². The number of carbonyl (C=O) groups is 2. The van der Waals surface area contributed by atoms with Crippen LogP contribution in [0.3, 0.4) is 0 Å². The molecule has 0 unspecified atom stereocenters. The first-order valence-electron chi connectivity index (χ1n) is 9.96. The molecule has 1 aromatic carbocycles. The van der Waals surface area contributed by atoms with Gasteiger partial charge in [0.15, 0.2) is 11.5 Å². The normalized spacial score (nSPS) is 18.5. The third kappa shape index (κ3) is 5.25. The number of hydrogen-bond donors (Lipinski definition) is 2. The SMILES string of the molecule is CCNC(=O)N1C[C@H](C(=O)NCC(C)C)[C@H](c2cc(OC)c(OC)c(OC)c2)C1. The Morgan fingerprint density at radius 2 is 1.69 bits per heavy atom. The van der Waals surface area contributed by atoms with Crippen molar-refractivity contribution in [3.63, 3.8) is 0 Å². The van der Waals surface area contributed by atoms with Gasteiger partial charge in [-0.15, -0.1) is 0 Å². The maximum Gasteiger partial charge on any atom is 0.317 e. The Bertz CT molecular complexity index is 697. The summed E-state index contributed by atoms with van der Waals surface area (Å²) in [7, 11) is 4.67. The quantitative estimate of drug-likeness (QED) is 0.690. The van der Waals surface area contributed by atoms with Crippen LogP contribution in [-0.2, 0) is 4.79 Å². The minimum Gasteiger partial charge on any atom is -0.493 e. The molecule has 0 bridgehead atoms. The number of likely N-dealkylation sites (tertiary alicyclic amines) is 1. The van der Waals surface area contributed by atoms with Crippen molar-refractivity contribution in [3.05, 3.63) is 17.7 Å². The van der Waals surface area contributed by atoms with Crippen molar-refractivity contribution in [1.29, 1.82) is 0 Å². The van der Waals surface area contributed by atoms with E-state index in [1.54, 1.807) is 26.2 Å². The third-order valence-electron chi connectivity index (χ3n) is 5.07. The fraction of sp³-hybridized carbons (Fsp3) is 0.619. The fourth-order valence-corrected chi connectivity index (χ4v) is 3.59. The molecule has 2 N–H and O–H groups in total. The summed E-state index contributed by atoms with van der Waals surface area (Å²) in [6.07, 6.45) is 0. The smallest absolute Gasteiger partial charge is 0.317 e. The number of nitrogens with zero attached hydrogens (tertiary/aromatic N) is 1. The van der Waals surface area contributed by atoms with Gasteiger partial charge in [0, 0.05) is 32.1 Å². The molecule has 8 nitrogen and oxygen atoms in total. The summed E-state index contributed by atoms with van der Waals surface area (Å²) in [6.45, 7) is 7.89. The van der Waals surface area contributed by atoms with Crippen LogP contribution in [0.5, 0.6) is 17.2 Å². The summed E-state index contributed by atoms with van der Waals surface area (Å²) in [5.74, 6) is 1.30. The van der Waals surface area contributed by atoms with E-state index < -0.39 is 0 Å². The van der Waals surface area contributed by atoms with Crippen LogP contribution in [0.15, 0.2) is 12.1 Å². The molecule has 1 fully saturated rings. The summed E-state index contributed by atoms with van der Waals surface area (Å²) < 4.78 is 16.3. The fourth-order valence-electron chi connectivity index (χ4n) is 3.59. The van der Waals surface area contributed by atoms with Crippen molar-refractivity contribution in [3.8, 4) is 17.2 Å². The van der Waals surface area contributed by atoms with Crippen LogP contribution in [0.25, 0.3) is 0 Å². The third-order valence-corrected chi connectivity index (χ3v) is 5.07. The molecule has 2 atom stereocenters. The van der Waals surface area contributed by atoms with Gasteiger partial charge in [0.1, 0.15) is 0 Å². The molecule has 0 radical (unpaired) electrons. The first-order chi connectivity index (χ1) is 13.9. The Hall–Kier alpha value is -2.64. The molecule has 2 rings (SSSR count). The van der Waals surface area contributed by atoms with Crippen LogP contribution < -0.4 is 24.8 Å². The largest absolute Gasteiger partial charge is 0.493 e. The Balaban J connectivity index is 2.39. The van der Waals surface area contributed by atoms with Gasteiger partial charge in [-0.3, -0.25) is 4.79 Å². The van der Waals surface area contributed by atoms with Crippen LogP contribution in [0, 0.1) is 11.8 Å². The molecule has 1 aliphatic heterocycles. The average Bonchev–Trinajstić information content (AvgIpc) is 3.16. The Kier molecular flexibility index (Phi) is 7.99. The zero-order chi connectivity index (χ0) is 21.6. The predicted molar refractivity (Wildman–Crippen MR) is 111 cm³/mol. The highest BCUT2D eigenvalue weighted by atomic mass is 16.5. The van der Waals surface area contributed by atoms with Crippen LogP contribution >= 0.6 is 0 Å². The van der Waals surface area contributed by atoms with E-state index in [1.807, 2.05) is 32.9 Å². The van der Waals surface area contributed by atoms with E-state index in [0.717, 1.165) is 5.56 Å². The lowest BCUT2D eigenvalue weighted by Gasteiger charge is -2.21. The highest BCUT2D eigenvalue weighted by molar-refractivity contribution is 5.83. The lowest BCUT2D eigenvalue weighted by Crippen LogP contribution is -2.40. The number of amides is 3. The van der Waals surface area contributed by atoms with Crippen molar-refractivity contribution in [2.45, 2.75) is 26.7 Å². The second kappa shape index (κ2) is 10.2. The van der Waals surface area contributed by atoms with Gasteiger partial charge in [0.2, 0.25) is 11.7 Å². The highest BCUT2D eigenvalue weighted by Gasteiger charge is 2.41. The number of urea groups is 1. The van der Waals surface area contributed by atoms with Gasteiger partial charge in [0.05, 0.1) is 27.2 Å². The van der Waals surface area contributed by atoms with E-state index in [9.17, 15) is 9.59 Å². The number of nitrogens with one attached hydrogen (secondary N) is 2. The zero-order valence-electron chi connectivity index (χ0n) is 18.2. The number of ether oxygens (including phenoxy) is 3. The van der Waals surface area contributed by atoms with Gasteiger partial charge in [-0.05, 0) is 30.5 Å². The van der Waals surface area contributed by atoms with Crippen molar-refractivity contribution in [2.24, 2.45) is 11.8 Å². The van der Waals surface area contributed by atoms with E-state index in [0.29, 0.717) is 49.3 Å². The van der Waals surface area contributed by atoms with Crippen molar-refractivity contribution in [2.75, 3.05) is 47.5 Å². The van der Waals surface area contributed by atoms with Crippen LogP contribution in [0.4, 0.5) is 4.79 Å². The molecule has 3 amide bonds. The first kappa shape index (κ1) is 22.6. The van der Waals surface area contributed by atoms with Gasteiger partial charge >= 0.3 is 6.03 Å². The van der Waals surface area contributed by atoms with Gasteiger partial charge in [-0.25, -0.2) is 4.79 Å². The van der Waals surface area contributed by atoms with Crippen molar-refractivity contribution in [1.82, 2.24) is 15.5 Å². The molecule has 0 aromatic heterocycles. The minimum absolute atomic E-state index is 0.0516. The standard InChI is InChI=1S/C21H33N3O5/c1-7-22-21(26)24-11-15(16(12-24)20(25)23-10-13(2)3)14-8-17(27-4)19(29-6)18(9-14)28-5/h8-9,13,15-16H,7,10-12H2,1-6H3,(H,22,26)(H,23,25)/t15-,16-/m0/s1. The summed E-state index contributed by atoms with van der Waals surface area (Å²) in [5.41, 5.74) is 0.871. The number of hydrogen-bond acceptors (Lipinski definition) is 5. The second-order valence-corrected chi connectivity index (χ2v) is 7.55. The predicted octanol–water partition coefficient (Wildman–Crippen LogP) is 2.23.